The Morgan fingerprint density at radius 2 is 2.05 bits per heavy atom. The molecule has 0 amide bonds. The van der Waals surface area contributed by atoms with Crippen molar-refractivity contribution in [3.8, 4) is 0 Å². The highest BCUT2D eigenvalue weighted by molar-refractivity contribution is 7.09. The van der Waals surface area contributed by atoms with Crippen molar-refractivity contribution in [2.24, 2.45) is 0 Å². The molecule has 1 N–H and O–H groups in total. The van der Waals surface area contributed by atoms with Crippen LogP contribution < -0.4 is 5.32 Å². The number of piperazine rings is 1. The SMILES string of the molecule is CC1CN(CCc2cccs2)C(C)(c2ccccc2)CN1. The van der Waals surface area contributed by atoms with Crippen LogP contribution in [0.3, 0.4) is 0 Å². The van der Waals surface area contributed by atoms with Crippen molar-refractivity contribution in [1.29, 1.82) is 0 Å². The molecule has 0 saturated carbocycles. The third kappa shape index (κ3) is 3.20. The lowest BCUT2D eigenvalue weighted by Gasteiger charge is -2.48. The van der Waals surface area contributed by atoms with E-state index in [1.807, 2.05) is 11.3 Å². The quantitative estimate of drug-likeness (QED) is 0.929. The lowest BCUT2D eigenvalue weighted by Crippen LogP contribution is -2.61. The van der Waals surface area contributed by atoms with Crippen molar-refractivity contribution < 1.29 is 0 Å². The molecule has 1 fully saturated rings. The van der Waals surface area contributed by atoms with Crippen LogP contribution in [0.1, 0.15) is 24.3 Å². The molecular formula is C18H24N2S. The smallest absolute Gasteiger partial charge is 0.0558 e. The van der Waals surface area contributed by atoms with E-state index in [0.29, 0.717) is 6.04 Å². The molecule has 2 heterocycles. The van der Waals surface area contributed by atoms with Crippen LogP contribution in [-0.2, 0) is 12.0 Å². The third-order valence-electron chi connectivity index (χ3n) is 4.59. The van der Waals surface area contributed by atoms with Crippen LogP contribution in [-0.4, -0.2) is 30.6 Å². The van der Waals surface area contributed by atoms with E-state index in [0.717, 1.165) is 26.1 Å². The number of hydrogen-bond donors (Lipinski definition) is 1. The van der Waals surface area contributed by atoms with Crippen LogP contribution in [0, 0.1) is 0 Å². The molecule has 1 saturated heterocycles. The van der Waals surface area contributed by atoms with Gasteiger partial charge in [0.25, 0.3) is 0 Å². The summed E-state index contributed by atoms with van der Waals surface area (Å²) in [7, 11) is 0. The molecule has 1 aromatic carbocycles. The molecule has 0 aliphatic carbocycles. The van der Waals surface area contributed by atoms with Gasteiger partial charge in [-0.3, -0.25) is 4.90 Å². The Kier molecular flexibility index (Phi) is 4.43. The third-order valence-corrected chi connectivity index (χ3v) is 5.53. The summed E-state index contributed by atoms with van der Waals surface area (Å²) in [4.78, 5) is 4.14. The Labute approximate surface area is 131 Å². The molecule has 0 radical (unpaired) electrons. The zero-order valence-corrected chi connectivity index (χ0v) is 13.7. The Morgan fingerprint density at radius 1 is 1.24 bits per heavy atom. The first kappa shape index (κ1) is 14.8. The highest BCUT2D eigenvalue weighted by atomic mass is 32.1. The molecule has 21 heavy (non-hydrogen) atoms. The second kappa shape index (κ2) is 6.30. The number of nitrogens with one attached hydrogen (secondary N) is 1. The minimum absolute atomic E-state index is 0.0883. The van der Waals surface area contributed by atoms with Crippen LogP contribution in [0.15, 0.2) is 47.8 Å². The lowest BCUT2D eigenvalue weighted by atomic mass is 9.87. The van der Waals surface area contributed by atoms with Gasteiger partial charge >= 0.3 is 0 Å². The molecule has 2 unspecified atom stereocenters. The van der Waals surface area contributed by atoms with Gasteiger partial charge in [0.15, 0.2) is 0 Å². The van der Waals surface area contributed by atoms with Crippen molar-refractivity contribution in [2.45, 2.75) is 31.8 Å². The van der Waals surface area contributed by atoms with E-state index in [9.17, 15) is 0 Å². The van der Waals surface area contributed by atoms with Crippen LogP contribution in [0.25, 0.3) is 0 Å². The topological polar surface area (TPSA) is 15.3 Å². The van der Waals surface area contributed by atoms with E-state index in [-0.39, 0.29) is 5.54 Å². The van der Waals surface area contributed by atoms with Crippen LogP contribution >= 0.6 is 11.3 Å². The van der Waals surface area contributed by atoms with Crippen LogP contribution in [0.2, 0.25) is 0 Å². The Bertz CT molecular complexity index is 552. The predicted molar refractivity (Wildman–Crippen MR) is 90.9 cm³/mol. The maximum atomic E-state index is 3.66. The first-order valence-corrected chi connectivity index (χ1v) is 8.63. The zero-order valence-electron chi connectivity index (χ0n) is 12.9. The molecule has 1 aliphatic heterocycles. The molecule has 0 bridgehead atoms. The van der Waals surface area contributed by atoms with Gasteiger partial charge in [-0.1, -0.05) is 36.4 Å². The standard InChI is InChI=1S/C18H24N2S/c1-15-13-20(11-10-17-9-6-12-21-17)18(2,14-19-15)16-7-4-3-5-8-16/h3-9,12,15,19H,10-11,13-14H2,1-2H3. The van der Waals surface area contributed by atoms with Crippen LogP contribution in [0.4, 0.5) is 0 Å². The summed E-state index contributed by atoms with van der Waals surface area (Å²) in [5.41, 5.74) is 1.50. The first-order chi connectivity index (χ1) is 10.2. The summed E-state index contributed by atoms with van der Waals surface area (Å²) in [5.74, 6) is 0. The molecular weight excluding hydrogens is 276 g/mol. The highest BCUT2D eigenvalue weighted by Gasteiger charge is 2.37. The molecule has 3 rings (SSSR count). The maximum Gasteiger partial charge on any atom is 0.0558 e. The monoisotopic (exact) mass is 300 g/mol. The Morgan fingerprint density at radius 3 is 2.76 bits per heavy atom. The van der Waals surface area contributed by atoms with Crippen LogP contribution in [0.5, 0.6) is 0 Å². The van der Waals surface area contributed by atoms with Crippen molar-refractivity contribution in [2.75, 3.05) is 19.6 Å². The van der Waals surface area contributed by atoms with E-state index in [2.05, 4.69) is 71.9 Å². The summed E-state index contributed by atoms with van der Waals surface area (Å²) in [6, 6.07) is 15.9. The molecule has 2 aromatic rings. The molecule has 1 aliphatic rings. The zero-order chi connectivity index (χ0) is 14.7. The maximum absolute atomic E-state index is 3.66. The first-order valence-electron chi connectivity index (χ1n) is 7.75. The molecule has 0 spiro atoms. The van der Waals surface area contributed by atoms with Gasteiger partial charge in [-0.15, -0.1) is 11.3 Å². The van der Waals surface area contributed by atoms with Gasteiger partial charge in [-0.2, -0.15) is 0 Å². The minimum Gasteiger partial charge on any atom is -0.311 e. The van der Waals surface area contributed by atoms with Gasteiger partial charge < -0.3 is 5.32 Å². The van der Waals surface area contributed by atoms with E-state index < -0.39 is 0 Å². The summed E-state index contributed by atoms with van der Waals surface area (Å²) in [6.45, 7) is 7.90. The Balaban J connectivity index is 1.79. The summed E-state index contributed by atoms with van der Waals surface area (Å²) < 4.78 is 0. The number of thiophene rings is 1. The van der Waals surface area contributed by atoms with Gasteiger partial charge in [0.05, 0.1) is 5.54 Å². The molecule has 3 heteroatoms. The van der Waals surface area contributed by atoms with E-state index in [1.165, 1.54) is 10.4 Å². The predicted octanol–water partition coefficient (Wildman–Crippen LogP) is 3.50. The molecule has 2 atom stereocenters. The van der Waals surface area contributed by atoms with Crippen molar-refractivity contribution >= 4 is 11.3 Å². The fourth-order valence-corrected chi connectivity index (χ4v) is 3.90. The van der Waals surface area contributed by atoms with E-state index in [1.54, 1.807) is 0 Å². The van der Waals surface area contributed by atoms with Gasteiger partial charge in [-0.25, -0.2) is 0 Å². The van der Waals surface area contributed by atoms with Gasteiger partial charge in [0, 0.05) is 30.6 Å². The average molecular weight is 300 g/mol. The number of nitrogens with zero attached hydrogens (tertiary/aromatic N) is 1. The van der Waals surface area contributed by atoms with Gasteiger partial charge in [-0.05, 0) is 37.3 Å². The average Bonchev–Trinajstić information content (AvgIpc) is 3.02. The van der Waals surface area contributed by atoms with E-state index in [4.69, 9.17) is 0 Å². The molecule has 112 valence electrons. The summed E-state index contributed by atoms with van der Waals surface area (Å²) >= 11 is 1.87. The summed E-state index contributed by atoms with van der Waals surface area (Å²) in [6.07, 6.45) is 1.15. The summed E-state index contributed by atoms with van der Waals surface area (Å²) in [5, 5.41) is 5.83. The molecule has 2 nitrogen and oxygen atoms in total. The normalized spacial score (nSPS) is 26.9. The highest BCUT2D eigenvalue weighted by Crippen LogP contribution is 2.31. The van der Waals surface area contributed by atoms with Gasteiger partial charge in [0.2, 0.25) is 0 Å². The van der Waals surface area contributed by atoms with Crippen molar-refractivity contribution in [1.82, 2.24) is 10.2 Å². The largest absolute Gasteiger partial charge is 0.311 e. The fraction of sp³-hybridized carbons (Fsp3) is 0.444. The van der Waals surface area contributed by atoms with Crippen molar-refractivity contribution in [3.05, 3.63) is 58.3 Å². The van der Waals surface area contributed by atoms with Gasteiger partial charge in [0.1, 0.15) is 0 Å². The number of hydrogen-bond acceptors (Lipinski definition) is 3. The second-order valence-electron chi connectivity index (χ2n) is 6.20. The number of rotatable bonds is 4. The Hall–Kier alpha value is -1.16. The van der Waals surface area contributed by atoms with Crippen molar-refractivity contribution in [3.63, 3.8) is 0 Å². The fourth-order valence-electron chi connectivity index (χ4n) is 3.20. The lowest BCUT2D eigenvalue weighted by molar-refractivity contribution is 0.0549. The second-order valence-corrected chi connectivity index (χ2v) is 7.23. The molecule has 1 aromatic heterocycles. The van der Waals surface area contributed by atoms with E-state index >= 15 is 0 Å². The number of benzene rings is 1. The minimum atomic E-state index is 0.0883.